The topological polar surface area (TPSA) is 67.4 Å². The first-order chi connectivity index (χ1) is 9.52. The number of ether oxygens (including phenoxy) is 1. The molecular formula is C15H18N2O3. The number of rotatable bonds is 3. The van der Waals surface area contributed by atoms with E-state index in [2.05, 4.69) is 10.6 Å². The van der Waals surface area contributed by atoms with Gasteiger partial charge in [-0.15, -0.1) is 0 Å². The lowest BCUT2D eigenvalue weighted by molar-refractivity contribution is -0.139. The molecule has 1 aromatic carbocycles. The lowest BCUT2D eigenvalue weighted by atomic mass is 9.95. The Bertz CT molecular complexity index is 561. The molecule has 20 heavy (non-hydrogen) atoms. The Hall–Kier alpha value is -2.30. The van der Waals surface area contributed by atoms with Gasteiger partial charge in [0.05, 0.1) is 18.2 Å². The van der Waals surface area contributed by atoms with Gasteiger partial charge in [-0.05, 0) is 26.3 Å². The molecule has 5 nitrogen and oxygen atoms in total. The maximum absolute atomic E-state index is 12.1. The number of carbonyl (C=O) groups is 2. The van der Waals surface area contributed by atoms with Crippen LogP contribution in [0.4, 0.5) is 4.79 Å². The summed E-state index contributed by atoms with van der Waals surface area (Å²) in [6, 6.07) is 6.89. The Morgan fingerprint density at radius 1 is 1.25 bits per heavy atom. The molecule has 0 aromatic heterocycles. The van der Waals surface area contributed by atoms with Gasteiger partial charge in [0.1, 0.15) is 0 Å². The van der Waals surface area contributed by atoms with E-state index in [-0.39, 0.29) is 6.03 Å². The van der Waals surface area contributed by atoms with E-state index in [0.717, 1.165) is 11.1 Å². The van der Waals surface area contributed by atoms with Crippen molar-refractivity contribution < 1.29 is 14.3 Å². The predicted molar refractivity (Wildman–Crippen MR) is 74.9 cm³/mol. The maximum Gasteiger partial charge on any atom is 0.338 e. The fraction of sp³-hybridized carbons (Fsp3) is 0.333. The van der Waals surface area contributed by atoms with Crippen molar-refractivity contribution in [3.63, 3.8) is 0 Å². The minimum atomic E-state index is -0.483. The van der Waals surface area contributed by atoms with E-state index in [1.807, 2.05) is 31.2 Å². The third kappa shape index (κ3) is 2.82. The zero-order valence-electron chi connectivity index (χ0n) is 11.8. The lowest BCUT2D eigenvalue weighted by Gasteiger charge is -2.28. The monoisotopic (exact) mass is 274 g/mol. The van der Waals surface area contributed by atoms with Crippen LogP contribution < -0.4 is 10.6 Å². The molecule has 2 N–H and O–H groups in total. The van der Waals surface area contributed by atoms with E-state index in [1.165, 1.54) is 0 Å². The van der Waals surface area contributed by atoms with Crippen LogP contribution in [0, 0.1) is 6.92 Å². The second kappa shape index (κ2) is 5.77. The molecule has 1 aliphatic heterocycles. The highest BCUT2D eigenvalue weighted by molar-refractivity contribution is 5.95. The Morgan fingerprint density at radius 3 is 2.50 bits per heavy atom. The number of urea groups is 1. The van der Waals surface area contributed by atoms with E-state index in [0.29, 0.717) is 17.9 Å². The molecule has 1 heterocycles. The largest absolute Gasteiger partial charge is 0.463 e. The first-order valence-corrected chi connectivity index (χ1v) is 6.55. The van der Waals surface area contributed by atoms with Crippen LogP contribution in [-0.4, -0.2) is 18.6 Å². The van der Waals surface area contributed by atoms with Crippen molar-refractivity contribution in [1.82, 2.24) is 10.6 Å². The quantitative estimate of drug-likeness (QED) is 0.830. The summed E-state index contributed by atoms with van der Waals surface area (Å²) in [6.45, 7) is 5.73. The number of nitrogens with one attached hydrogen (secondary N) is 2. The minimum absolute atomic E-state index is 0.296. The lowest BCUT2D eigenvalue weighted by Crippen LogP contribution is -2.45. The standard InChI is InChI=1S/C15H18N2O3/c1-4-20-14(18)12-10(3)16-15(19)17-13(12)11-7-5-9(2)6-8-11/h5-8,13H,4H2,1-3H3,(H2,16,17,19)/t13-/m0/s1. The van der Waals surface area contributed by atoms with E-state index < -0.39 is 12.0 Å². The molecule has 106 valence electrons. The fourth-order valence-electron chi connectivity index (χ4n) is 2.18. The Labute approximate surface area is 118 Å². The molecule has 0 saturated heterocycles. The fourth-order valence-corrected chi connectivity index (χ4v) is 2.18. The van der Waals surface area contributed by atoms with Crippen LogP contribution in [0.3, 0.4) is 0 Å². The number of benzene rings is 1. The van der Waals surface area contributed by atoms with Gasteiger partial charge in [0.15, 0.2) is 0 Å². The van der Waals surface area contributed by atoms with Gasteiger partial charge in [0, 0.05) is 5.70 Å². The molecule has 1 atom stereocenters. The molecule has 0 bridgehead atoms. The summed E-state index contributed by atoms with van der Waals surface area (Å²) >= 11 is 0. The zero-order chi connectivity index (χ0) is 14.7. The number of hydrogen-bond acceptors (Lipinski definition) is 3. The first-order valence-electron chi connectivity index (χ1n) is 6.55. The van der Waals surface area contributed by atoms with Crippen LogP contribution in [0.15, 0.2) is 35.5 Å². The van der Waals surface area contributed by atoms with Crippen molar-refractivity contribution in [1.29, 1.82) is 0 Å². The smallest absolute Gasteiger partial charge is 0.338 e. The van der Waals surface area contributed by atoms with Crippen molar-refractivity contribution in [2.45, 2.75) is 26.8 Å². The summed E-state index contributed by atoms with van der Waals surface area (Å²) in [5, 5.41) is 5.37. The van der Waals surface area contributed by atoms with Crippen molar-refractivity contribution in [2.24, 2.45) is 0 Å². The van der Waals surface area contributed by atoms with Crippen LogP contribution in [0.1, 0.15) is 31.0 Å². The third-order valence-corrected chi connectivity index (χ3v) is 3.18. The van der Waals surface area contributed by atoms with Crippen molar-refractivity contribution >= 4 is 12.0 Å². The van der Waals surface area contributed by atoms with Gasteiger partial charge in [-0.3, -0.25) is 0 Å². The molecule has 1 aliphatic rings. The average Bonchev–Trinajstić information content (AvgIpc) is 2.38. The molecule has 5 heteroatoms. The maximum atomic E-state index is 12.1. The summed E-state index contributed by atoms with van der Waals surface area (Å²) in [5.41, 5.74) is 2.94. The van der Waals surface area contributed by atoms with Crippen molar-refractivity contribution in [2.75, 3.05) is 6.61 Å². The van der Waals surface area contributed by atoms with E-state index >= 15 is 0 Å². The number of carbonyl (C=O) groups excluding carboxylic acids is 2. The van der Waals surface area contributed by atoms with Crippen LogP contribution in [0.2, 0.25) is 0 Å². The summed E-state index contributed by atoms with van der Waals surface area (Å²) in [7, 11) is 0. The van der Waals surface area contributed by atoms with Crippen molar-refractivity contribution in [3.05, 3.63) is 46.7 Å². The Kier molecular flexibility index (Phi) is 4.08. The number of allylic oxidation sites excluding steroid dienone is 1. The summed E-state index contributed by atoms with van der Waals surface area (Å²) in [4.78, 5) is 23.7. The SMILES string of the molecule is CCOC(=O)C1=C(C)NC(=O)N[C@H]1c1ccc(C)cc1. The predicted octanol–water partition coefficient (Wildman–Crippen LogP) is 2.19. The average molecular weight is 274 g/mol. The number of esters is 1. The highest BCUT2D eigenvalue weighted by atomic mass is 16.5. The molecule has 0 aliphatic carbocycles. The van der Waals surface area contributed by atoms with Crippen LogP contribution >= 0.6 is 0 Å². The number of hydrogen-bond donors (Lipinski definition) is 2. The van der Waals surface area contributed by atoms with Crippen LogP contribution in [0.5, 0.6) is 0 Å². The van der Waals surface area contributed by atoms with Crippen LogP contribution in [-0.2, 0) is 9.53 Å². The first kappa shape index (κ1) is 14.1. The molecule has 0 fully saturated rings. The summed E-state index contributed by atoms with van der Waals surface area (Å²) in [6.07, 6.45) is 0. The van der Waals surface area contributed by atoms with Crippen LogP contribution in [0.25, 0.3) is 0 Å². The highest BCUT2D eigenvalue weighted by Crippen LogP contribution is 2.27. The molecular weight excluding hydrogens is 256 g/mol. The number of amides is 2. The second-order valence-corrected chi connectivity index (χ2v) is 4.70. The molecule has 0 saturated carbocycles. The van der Waals surface area contributed by atoms with Gasteiger partial charge in [-0.25, -0.2) is 9.59 Å². The highest BCUT2D eigenvalue weighted by Gasteiger charge is 2.31. The molecule has 2 amide bonds. The van der Waals surface area contributed by atoms with Gasteiger partial charge in [0.2, 0.25) is 0 Å². The van der Waals surface area contributed by atoms with Gasteiger partial charge >= 0.3 is 12.0 Å². The summed E-state index contributed by atoms with van der Waals surface area (Å²) < 4.78 is 5.07. The molecule has 0 unspecified atom stereocenters. The normalized spacial score (nSPS) is 18.4. The van der Waals surface area contributed by atoms with E-state index in [1.54, 1.807) is 13.8 Å². The molecule has 2 rings (SSSR count). The molecule has 1 aromatic rings. The second-order valence-electron chi connectivity index (χ2n) is 4.70. The van der Waals surface area contributed by atoms with Gasteiger partial charge in [-0.2, -0.15) is 0 Å². The van der Waals surface area contributed by atoms with Gasteiger partial charge < -0.3 is 15.4 Å². The van der Waals surface area contributed by atoms with Gasteiger partial charge in [-0.1, -0.05) is 29.8 Å². The minimum Gasteiger partial charge on any atom is -0.463 e. The van der Waals surface area contributed by atoms with E-state index in [4.69, 9.17) is 4.74 Å². The Balaban J connectivity index is 2.41. The zero-order valence-corrected chi connectivity index (χ0v) is 11.8. The molecule has 0 spiro atoms. The number of aryl methyl sites for hydroxylation is 1. The van der Waals surface area contributed by atoms with E-state index in [9.17, 15) is 9.59 Å². The van der Waals surface area contributed by atoms with Crippen molar-refractivity contribution in [3.8, 4) is 0 Å². The third-order valence-electron chi connectivity index (χ3n) is 3.18. The molecule has 0 radical (unpaired) electrons. The summed E-state index contributed by atoms with van der Waals surface area (Å²) in [5.74, 6) is -0.414. The Morgan fingerprint density at radius 2 is 1.90 bits per heavy atom. The van der Waals surface area contributed by atoms with Gasteiger partial charge in [0.25, 0.3) is 0 Å².